The number of hydrogen-bond donors (Lipinski definition) is 1. The fourth-order valence-electron chi connectivity index (χ4n) is 3.12. The Kier molecular flexibility index (Phi) is 6.15. The van der Waals surface area contributed by atoms with Crippen LogP contribution in [0.5, 0.6) is 5.75 Å². The maximum atomic E-state index is 12.9. The number of ether oxygens (including phenoxy) is 1. The van der Waals surface area contributed by atoms with Crippen molar-refractivity contribution in [1.29, 1.82) is 0 Å². The van der Waals surface area contributed by atoms with E-state index < -0.39 is 6.10 Å². The summed E-state index contributed by atoms with van der Waals surface area (Å²) in [5, 5.41) is 3.16. The molecule has 3 aromatic rings. The van der Waals surface area contributed by atoms with Crippen LogP contribution in [0.2, 0.25) is 0 Å². The van der Waals surface area contributed by atoms with Gasteiger partial charge >= 0.3 is 0 Å². The van der Waals surface area contributed by atoms with Gasteiger partial charge in [0.2, 0.25) is 0 Å². The van der Waals surface area contributed by atoms with Crippen LogP contribution in [0.1, 0.15) is 40.8 Å². The van der Waals surface area contributed by atoms with E-state index in [4.69, 9.17) is 4.74 Å². The molecule has 0 spiro atoms. The van der Waals surface area contributed by atoms with Crippen LogP contribution in [0.25, 0.3) is 0 Å². The molecule has 28 heavy (non-hydrogen) atoms. The zero-order valence-electron chi connectivity index (χ0n) is 16.9. The lowest BCUT2D eigenvalue weighted by Crippen LogP contribution is -2.39. The van der Waals surface area contributed by atoms with Crippen LogP contribution >= 0.6 is 0 Å². The van der Waals surface area contributed by atoms with E-state index in [1.165, 1.54) is 5.56 Å². The van der Waals surface area contributed by atoms with Crippen LogP contribution in [0.4, 0.5) is 0 Å². The van der Waals surface area contributed by atoms with Gasteiger partial charge in [-0.2, -0.15) is 0 Å². The van der Waals surface area contributed by atoms with Crippen LogP contribution in [-0.2, 0) is 4.79 Å². The van der Waals surface area contributed by atoms with Crippen molar-refractivity contribution in [2.24, 2.45) is 0 Å². The molecular formula is C25H27NO2. The summed E-state index contributed by atoms with van der Waals surface area (Å²) < 4.78 is 5.97. The van der Waals surface area contributed by atoms with E-state index in [9.17, 15) is 4.79 Å². The summed E-state index contributed by atoms with van der Waals surface area (Å²) in [5.74, 6) is 0.601. The number of carbonyl (C=O) groups is 1. The predicted octanol–water partition coefficient (Wildman–Crippen LogP) is 5.28. The molecule has 0 heterocycles. The third-order valence-corrected chi connectivity index (χ3v) is 5.06. The number of aryl methyl sites for hydroxylation is 2. The highest BCUT2D eigenvalue weighted by Crippen LogP contribution is 2.24. The summed E-state index contributed by atoms with van der Waals surface area (Å²) in [6, 6.07) is 23.9. The molecule has 0 unspecified atom stereocenters. The zero-order chi connectivity index (χ0) is 20.1. The summed E-state index contributed by atoms with van der Waals surface area (Å²) >= 11 is 0. The number of hydrogen-bond acceptors (Lipinski definition) is 2. The number of nitrogens with one attached hydrogen (secondary N) is 1. The first kappa shape index (κ1) is 19.7. The van der Waals surface area contributed by atoms with Crippen LogP contribution in [-0.4, -0.2) is 12.0 Å². The van der Waals surface area contributed by atoms with Crippen molar-refractivity contribution in [1.82, 2.24) is 5.32 Å². The number of benzene rings is 3. The first-order valence-electron chi connectivity index (χ1n) is 9.60. The monoisotopic (exact) mass is 373 g/mol. The Hall–Kier alpha value is -3.07. The normalized spacial score (nSPS) is 12.9. The molecule has 0 saturated heterocycles. The molecule has 144 valence electrons. The van der Waals surface area contributed by atoms with E-state index in [1.54, 1.807) is 6.92 Å². The van der Waals surface area contributed by atoms with Gasteiger partial charge in [-0.05, 0) is 56.0 Å². The fraction of sp³-hybridized carbons (Fsp3) is 0.240. The summed E-state index contributed by atoms with van der Waals surface area (Å²) in [6.45, 7) is 7.89. The maximum absolute atomic E-state index is 12.9. The van der Waals surface area contributed by atoms with Gasteiger partial charge in [0.15, 0.2) is 6.10 Å². The van der Waals surface area contributed by atoms with E-state index in [2.05, 4.69) is 36.5 Å². The molecule has 0 saturated carbocycles. The zero-order valence-corrected chi connectivity index (χ0v) is 16.9. The Bertz CT molecular complexity index is 933. The number of carbonyl (C=O) groups excluding carboxylic acids is 1. The van der Waals surface area contributed by atoms with Gasteiger partial charge in [0.25, 0.3) is 5.91 Å². The average molecular weight is 373 g/mol. The average Bonchev–Trinajstić information content (AvgIpc) is 2.71. The van der Waals surface area contributed by atoms with Gasteiger partial charge in [-0.3, -0.25) is 4.79 Å². The van der Waals surface area contributed by atoms with Gasteiger partial charge in [-0.25, -0.2) is 0 Å². The molecule has 0 aliphatic heterocycles. The van der Waals surface area contributed by atoms with Crippen LogP contribution < -0.4 is 10.1 Å². The van der Waals surface area contributed by atoms with Gasteiger partial charge in [0.05, 0.1) is 6.04 Å². The Morgan fingerprint density at radius 3 is 2.14 bits per heavy atom. The molecule has 0 aliphatic carbocycles. The molecular weight excluding hydrogens is 346 g/mol. The summed E-state index contributed by atoms with van der Waals surface area (Å²) in [4.78, 5) is 12.9. The summed E-state index contributed by atoms with van der Waals surface area (Å²) in [5.41, 5.74) is 5.48. The van der Waals surface area contributed by atoms with Gasteiger partial charge in [-0.1, -0.05) is 72.3 Å². The van der Waals surface area contributed by atoms with Crippen molar-refractivity contribution >= 4 is 5.91 Å². The number of rotatable bonds is 6. The SMILES string of the molecule is Cc1ccc([C@H](NC(=O)[C@@H](C)Oc2cccc(C)c2C)c2ccccc2)cc1. The van der Waals surface area contributed by atoms with Crippen molar-refractivity contribution < 1.29 is 9.53 Å². The molecule has 0 aliphatic rings. The molecule has 0 fully saturated rings. The minimum Gasteiger partial charge on any atom is -0.481 e. The van der Waals surface area contributed by atoms with E-state index in [0.29, 0.717) is 0 Å². The highest BCUT2D eigenvalue weighted by atomic mass is 16.5. The highest BCUT2D eigenvalue weighted by molar-refractivity contribution is 5.81. The smallest absolute Gasteiger partial charge is 0.261 e. The van der Waals surface area contributed by atoms with E-state index in [-0.39, 0.29) is 11.9 Å². The molecule has 0 aromatic heterocycles. The Morgan fingerprint density at radius 2 is 1.46 bits per heavy atom. The Labute approximate surface area is 167 Å². The van der Waals surface area contributed by atoms with Gasteiger partial charge < -0.3 is 10.1 Å². The summed E-state index contributed by atoms with van der Waals surface area (Å²) in [7, 11) is 0. The van der Waals surface area contributed by atoms with Gasteiger partial charge in [0.1, 0.15) is 5.75 Å². The molecule has 0 bridgehead atoms. The first-order chi connectivity index (χ1) is 13.5. The Morgan fingerprint density at radius 1 is 0.821 bits per heavy atom. The second kappa shape index (κ2) is 8.75. The van der Waals surface area contributed by atoms with Crippen molar-refractivity contribution in [2.45, 2.75) is 39.8 Å². The molecule has 1 amide bonds. The molecule has 1 N–H and O–H groups in total. The molecule has 2 atom stereocenters. The topological polar surface area (TPSA) is 38.3 Å². The molecule has 0 radical (unpaired) electrons. The first-order valence-corrected chi connectivity index (χ1v) is 9.60. The summed E-state index contributed by atoms with van der Waals surface area (Å²) in [6.07, 6.45) is -0.600. The highest BCUT2D eigenvalue weighted by Gasteiger charge is 2.22. The minimum atomic E-state index is -0.600. The standard InChI is InChI=1S/C25H27NO2/c1-17-13-15-22(16-14-17)24(21-10-6-5-7-11-21)26-25(27)20(4)28-23-12-8-9-18(2)19(23)3/h5-16,20,24H,1-4H3,(H,26,27)/t20-,24-/m1/s1. The quantitative estimate of drug-likeness (QED) is 0.638. The predicted molar refractivity (Wildman–Crippen MR) is 114 cm³/mol. The van der Waals surface area contributed by atoms with Gasteiger partial charge in [-0.15, -0.1) is 0 Å². The van der Waals surface area contributed by atoms with E-state index >= 15 is 0 Å². The van der Waals surface area contributed by atoms with Crippen molar-refractivity contribution in [3.05, 3.63) is 101 Å². The van der Waals surface area contributed by atoms with E-state index in [0.717, 1.165) is 28.0 Å². The Balaban J connectivity index is 1.81. The largest absolute Gasteiger partial charge is 0.481 e. The number of amides is 1. The van der Waals surface area contributed by atoms with E-state index in [1.807, 2.05) is 62.4 Å². The van der Waals surface area contributed by atoms with Crippen LogP contribution in [0.3, 0.4) is 0 Å². The fourth-order valence-corrected chi connectivity index (χ4v) is 3.12. The van der Waals surface area contributed by atoms with Crippen molar-refractivity contribution in [3.8, 4) is 5.75 Å². The molecule has 3 rings (SSSR count). The van der Waals surface area contributed by atoms with Crippen LogP contribution in [0, 0.1) is 20.8 Å². The lowest BCUT2D eigenvalue weighted by atomic mass is 9.97. The third kappa shape index (κ3) is 4.61. The second-order valence-electron chi connectivity index (χ2n) is 7.22. The third-order valence-electron chi connectivity index (χ3n) is 5.06. The molecule has 3 nitrogen and oxygen atoms in total. The van der Waals surface area contributed by atoms with Crippen molar-refractivity contribution in [3.63, 3.8) is 0 Å². The maximum Gasteiger partial charge on any atom is 0.261 e. The van der Waals surface area contributed by atoms with Crippen molar-refractivity contribution in [2.75, 3.05) is 0 Å². The van der Waals surface area contributed by atoms with Gasteiger partial charge in [0, 0.05) is 0 Å². The minimum absolute atomic E-state index is 0.143. The van der Waals surface area contributed by atoms with Crippen LogP contribution in [0.15, 0.2) is 72.8 Å². The lowest BCUT2D eigenvalue weighted by Gasteiger charge is -2.23. The molecule has 3 aromatic carbocycles. The second-order valence-corrected chi connectivity index (χ2v) is 7.22. The lowest BCUT2D eigenvalue weighted by molar-refractivity contribution is -0.127. The molecule has 3 heteroatoms.